The molecule has 1 rings (SSSR count). The highest BCUT2D eigenvalue weighted by Gasteiger charge is 2.38. The van der Waals surface area contributed by atoms with Crippen molar-refractivity contribution in [3.8, 4) is 6.07 Å². The first kappa shape index (κ1) is 14.5. The van der Waals surface area contributed by atoms with Gasteiger partial charge in [-0.15, -0.1) is 0 Å². The van der Waals surface area contributed by atoms with Crippen LogP contribution in [-0.2, 0) is 14.3 Å². The molecular formula is C13H20N2O3. The van der Waals surface area contributed by atoms with Crippen molar-refractivity contribution in [1.29, 1.82) is 5.26 Å². The summed E-state index contributed by atoms with van der Waals surface area (Å²) in [5.74, 6) is -0.842. The van der Waals surface area contributed by atoms with E-state index in [1.54, 1.807) is 20.8 Å². The summed E-state index contributed by atoms with van der Waals surface area (Å²) in [5, 5.41) is 8.84. The van der Waals surface area contributed by atoms with Crippen LogP contribution in [0.15, 0.2) is 0 Å². The third kappa shape index (κ3) is 3.46. The Morgan fingerprint density at radius 1 is 1.61 bits per heavy atom. The third-order valence-corrected chi connectivity index (χ3v) is 2.78. The summed E-state index contributed by atoms with van der Waals surface area (Å²) in [4.78, 5) is 25.3. The Morgan fingerprint density at radius 3 is 2.61 bits per heavy atom. The minimum Gasteiger partial charge on any atom is -0.458 e. The lowest BCUT2D eigenvalue weighted by Crippen LogP contribution is -2.44. The molecule has 0 spiro atoms. The topological polar surface area (TPSA) is 70.4 Å². The first-order valence-electron chi connectivity index (χ1n) is 6.20. The molecule has 1 aliphatic heterocycles. The van der Waals surface area contributed by atoms with Crippen LogP contribution in [0.3, 0.4) is 0 Å². The number of nitrogens with zero attached hydrogens (tertiary/aromatic N) is 2. The van der Waals surface area contributed by atoms with Crippen molar-refractivity contribution < 1.29 is 14.3 Å². The first-order chi connectivity index (χ1) is 8.28. The predicted molar refractivity (Wildman–Crippen MR) is 65.4 cm³/mol. The zero-order chi connectivity index (χ0) is 13.9. The standard InChI is InChI=1S/C13H20N2O3/c1-5-10(12(17)18-13(2,3)4)15-8-9(7-14)6-11(15)16/h9-10H,5-6,8H2,1-4H3. The fraction of sp³-hybridized carbons (Fsp3) is 0.769. The molecule has 0 N–H and O–H groups in total. The van der Waals surface area contributed by atoms with Gasteiger partial charge in [0.1, 0.15) is 11.6 Å². The van der Waals surface area contributed by atoms with Gasteiger partial charge in [0.15, 0.2) is 0 Å². The van der Waals surface area contributed by atoms with Crippen LogP contribution in [0.5, 0.6) is 0 Å². The smallest absolute Gasteiger partial charge is 0.329 e. The minimum atomic E-state index is -0.574. The molecule has 0 aromatic rings. The van der Waals surface area contributed by atoms with E-state index in [2.05, 4.69) is 6.07 Å². The Kier molecular flexibility index (Phi) is 4.33. The van der Waals surface area contributed by atoms with Crippen molar-refractivity contribution in [1.82, 2.24) is 4.90 Å². The van der Waals surface area contributed by atoms with Crippen molar-refractivity contribution in [2.75, 3.05) is 6.54 Å². The molecule has 1 heterocycles. The molecule has 0 radical (unpaired) electrons. The van der Waals surface area contributed by atoms with Crippen molar-refractivity contribution in [2.45, 2.75) is 52.2 Å². The maximum atomic E-state index is 12.0. The second-order valence-electron chi connectivity index (χ2n) is 5.53. The van der Waals surface area contributed by atoms with E-state index in [9.17, 15) is 9.59 Å². The van der Waals surface area contributed by atoms with Crippen LogP contribution in [-0.4, -0.2) is 35.0 Å². The van der Waals surface area contributed by atoms with Gasteiger partial charge in [-0.2, -0.15) is 5.26 Å². The van der Waals surface area contributed by atoms with E-state index in [1.165, 1.54) is 4.90 Å². The first-order valence-corrected chi connectivity index (χ1v) is 6.20. The van der Waals surface area contributed by atoms with E-state index in [-0.39, 0.29) is 18.2 Å². The summed E-state index contributed by atoms with van der Waals surface area (Å²) >= 11 is 0. The molecule has 1 saturated heterocycles. The Bertz CT molecular complexity index is 379. The lowest BCUT2D eigenvalue weighted by atomic mass is 10.1. The van der Waals surface area contributed by atoms with Crippen LogP contribution >= 0.6 is 0 Å². The molecule has 1 fully saturated rings. The summed E-state index contributed by atoms with van der Waals surface area (Å²) in [6.07, 6.45) is 0.703. The van der Waals surface area contributed by atoms with E-state index in [0.717, 1.165) is 0 Å². The van der Waals surface area contributed by atoms with Gasteiger partial charge in [-0.05, 0) is 27.2 Å². The minimum absolute atomic E-state index is 0.140. The number of ether oxygens (including phenoxy) is 1. The number of carbonyl (C=O) groups excluding carboxylic acids is 2. The number of rotatable bonds is 3. The van der Waals surface area contributed by atoms with Gasteiger partial charge >= 0.3 is 5.97 Å². The molecule has 1 amide bonds. The molecule has 0 aromatic carbocycles. The van der Waals surface area contributed by atoms with Gasteiger partial charge in [0.05, 0.1) is 12.0 Å². The lowest BCUT2D eigenvalue weighted by molar-refractivity contribution is -0.163. The van der Waals surface area contributed by atoms with E-state index in [1.807, 2.05) is 6.92 Å². The number of amides is 1. The number of carbonyl (C=O) groups is 2. The van der Waals surface area contributed by atoms with Crippen LogP contribution in [0.4, 0.5) is 0 Å². The van der Waals surface area contributed by atoms with Gasteiger partial charge < -0.3 is 9.64 Å². The van der Waals surface area contributed by atoms with Crippen LogP contribution in [0.1, 0.15) is 40.5 Å². The van der Waals surface area contributed by atoms with Gasteiger partial charge in [-0.25, -0.2) is 4.79 Å². The van der Waals surface area contributed by atoms with E-state index in [4.69, 9.17) is 10.00 Å². The molecule has 1 aliphatic rings. The summed E-state index contributed by atoms with van der Waals surface area (Å²) in [6, 6.07) is 1.50. The monoisotopic (exact) mass is 252 g/mol. The van der Waals surface area contributed by atoms with Gasteiger partial charge in [0.2, 0.25) is 5.91 Å². The number of hydrogen-bond donors (Lipinski definition) is 0. The number of hydrogen-bond acceptors (Lipinski definition) is 4. The third-order valence-electron chi connectivity index (χ3n) is 2.78. The molecule has 5 heteroatoms. The molecule has 0 aliphatic carbocycles. The van der Waals surface area contributed by atoms with E-state index < -0.39 is 17.6 Å². The van der Waals surface area contributed by atoms with Crippen LogP contribution in [0.25, 0.3) is 0 Å². The Morgan fingerprint density at radius 2 is 2.22 bits per heavy atom. The Balaban J connectivity index is 2.76. The normalized spacial score (nSPS) is 21.6. The number of nitriles is 1. The average molecular weight is 252 g/mol. The van der Waals surface area contributed by atoms with E-state index in [0.29, 0.717) is 13.0 Å². The van der Waals surface area contributed by atoms with Gasteiger partial charge in [0.25, 0.3) is 0 Å². The molecule has 2 atom stereocenters. The number of esters is 1. The van der Waals surface area contributed by atoms with Crippen LogP contribution < -0.4 is 0 Å². The zero-order valence-corrected chi connectivity index (χ0v) is 11.4. The zero-order valence-electron chi connectivity index (χ0n) is 11.4. The molecule has 0 saturated carbocycles. The summed E-state index contributed by atoms with van der Waals surface area (Å²) in [5.41, 5.74) is -0.568. The molecule has 5 nitrogen and oxygen atoms in total. The van der Waals surface area contributed by atoms with Crippen molar-refractivity contribution >= 4 is 11.9 Å². The summed E-state index contributed by atoms with van der Waals surface area (Å²) in [7, 11) is 0. The summed E-state index contributed by atoms with van der Waals surface area (Å²) in [6.45, 7) is 7.54. The highest BCUT2D eigenvalue weighted by molar-refractivity contribution is 5.86. The van der Waals surface area contributed by atoms with Crippen molar-refractivity contribution in [3.05, 3.63) is 0 Å². The Hall–Kier alpha value is -1.57. The summed E-state index contributed by atoms with van der Waals surface area (Å²) < 4.78 is 5.30. The molecule has 0 bridgehead atoms. The molecule has 100 valence electrons. The van der Waals surface area contributed by atoms with E-state index >= 15 is 0 Å². The maximum absolute atomic E-state index is 12.0. The van der Waals surface area contributed by atoms with Gasteiger partial charge in [0, 0.05) is 13.0 Å². The highest BCUT2D eigenvalue weighted by Crippen LogP contribution is 2.22. The predicted octanol–water partition coefficient (Wildman–Crippen LogP) is 1.48. The molecule has 18 heavy (non-hydrogen) atoms. The van der Waals surface area contributed by atoms with Crippen LogP contribution in [0.2, 0.25) is 0 Å². The van der Waals surface area contributed by atoms with Crippen molar-refractivity contribution in [3.63, 3.8) is 0 Å². The molecule has 0 aromatic heterocycles. The average Bonchev–Trinajstić information content (AvgIpc) is 2.59. The SMILES string of the molecule is CCC(C(=O)OC(C)(C)C)N1CC(C#N)CC1=O. The largest absolute Gasteiger partial charge is 0.458 e. The fourth-order valence-electron chi connectivity index (χ4n) is 2.00. The number of likely N-dealkylation sites (tertiary alicyclic amines) is 1. The Labute approximate surface area is 108 Å². The van der Waals surface area contributed by atoms with Crippen molar-refractivity contribution in [2.24, 2.45) is 5.92 Å². The second-order valence-corrected chi connectivity index (χ2v) is 5.53. The van der Waals surface area contributed by atoms with Crippen LogP contribution in [0, 0.1) is 17.2 Å². The molecule has 2 unspecified atom stereocenters. The quantitative estimate of drug-likeness (QED) is 0.713. The second kappa shape index (κ2) is 5.38. The van der Waals surface area contributed by atoms with Gasteiger partial charge in [-0.3, -0.25) is 4.79 Å². The highest BCUT2D eigenvalue weighted by atomic mass is 16.6. The maximum Gasteiger partial charge on any atom is 0.329 e. The fourth-order valence-corrected chi connectivity index (χ4v) is 2.00. The van der Waals surface area contributed by atoms with Gasteiger partial charge in [-0.1, -0.05) is 6.92 Å². The lowest BCUT2D eigenvalue weighted by Gasteiger charge is -2.29. The molecular weight excluding hydrogens is 232 g/mol.